The van der Waals surface area contributed by atoms with E-state index in [1.165, 1.54) is 77.2 Å². The molecule has 2 aliphatic heterocycles. The van der Waals surface area contributed by atoms with Crippen LogP contribution in [0.1, 0.15) is 121 Å². The Morgan fingerprint density at radius 1 is 0.750 bits per heavy atom. The smallest absolute Gasteiger partial charge is 0.0322 e. The molecule has 0 amide bonds. The number of nitrogens with one attached hydrogen (secondary N) is 2. The predicted octanol–water partition coefficient (Wildman–Crippen LogP) is 7.60. The number of piperidine rings is 2. The van der Waals surface area contributed by atoms with E-state index in [2.05, 4.69) is 62.6 Å². The summed E-state index contributed by atoms with van der Waals surface area (Å²) in [4.78, 5) is 0. The van der Waals surface area contributed by atoms with E-state index < -0.39 is 0 Å². The highest BCUT2D eigenvalue weighted by atomic mass is 15.0. The third-order valence-corrected chi connectivity index (χ3v) is 9.05. The molecule has 4 rings (SSSR count). The Balaban J connectivity index is 1.50. The molecule has 1 aliphatic carbocycles. The van der Waals surface area contributed by atoms with Gasteiger partial charge in [-0.25, -0.2) is 0 Å². The quantitative estimate of drug-likeness (QED) is 0.458. The van der Waals surface area contributed by atoms with Crippen LogP contribution in [0.2, 0.25) is 0 Å². The van der Waals surface area contributed by atoms with Crippen molar-refractivity contribution in [1.29, 1.82) is 0 Å². The molecule has 5 unspecified atom stereocenters. The van der Waals surface area contributed by atoms with Gasteiger partial charge in [-0.15, -0.1) is 0 Å². The SMILES string of the molecule is CC(C)C(c1cccc(C2CCCC(C(C(C)C)C3CCCCC3)N2)c1)C1CCCCN1. The molecule has 32 heavy (non-hydrogen) atoms. The Bertz CT molecular complexity index is 684. The Morgan fingerprint density at radius 2 is 1.50 bits per heavy atom. The highest BCUT2D eigenvalue weighted by molar-refractivity contribution is 5.30. The van der Waals surface area contributed by atoms with Crippen molar-refractivity contribution in [2.24, 2.45) is 23.7 Å². The minimum absolute atomic E-state index is 0.533. The van der Waals surface area contributed by atoms with Gasteiger partial charge in [-0.1, -0.05) is 96.9 Å². The molecule has 2 N–H and O–H groups in total. The number of rotatable bonds is 7. The number of hydrogen-bond donors (Lipinski definition) is 2. The summed E-state index contributed by atoms with van der Waals surface area (Å²) in [6, 6.07) is 11.6. The molecule has 1 aromatic carbocycles. The molecule has 180 valence electrons. The summed E-state index contributed by atoms with van der Waals surface area (Å²) in [5.74, 6) is 3.86. The van der Waals surface area contributed by atoms with Crippen LogP contribution >= 0.6 is 0 Å². The van der Waals surface area contributed by atoms with Crippen LogP contribution in [0, 0.1) is 23.7 Å². The van der Waals surface area contributed by atoms with E-state index in [9.17, 15) is 0 Å². The molecule has 2 heteroatoms. The zero-order valence-corrected chi connectivity index (χ0v) is 21.4. The summed E-state index contributed by atoms with van der Waals surface area (Å²) >= 11 is 0. The van der Waals surface area contributed by atoms with E-state index in [0.717, 1.165) is 17.8 Å². The zero-order valence-electron chi connectivity index (χ0n) is 21.4. The molecule has 3 aliphatic rings. The summed E-state index contributed by atoms with van der Waals surface area (Å²) in [6.45, 7) is 11.0. The summed E-state index contributed by atoms with van der Waals surface area (Å²) in [6.07, 6.45) is 15.4. The van der Waals surface area contributed by atoms with Gasteiger partial charge in [-0.2, -0.15) is 0 Å². The molecule has 0 spiro atoms. The van der Waals surface area contributed by atoms with Crippen molar-refractivity contribution in [3.8, 4) is 0 Å². The molecule has 1 saturated carbocycles. The summed E-state index contributed by atoms with van der Waals surface area (Å²) in [5, 5.41) is 8.06. The molecule has 0 aromatic heterocycles. The lowest BCUT2D eigenvalue weighted by Crippen LogP contribution is -2.46. The molecule has 2 saturated heterocycles. The topological polar surface area (TPSA) is 24.1 Å². The Hall–Kier alpha value is -0.860. The van der Waals surface area contributed by atoms with Gasteiger partial charge in [0.05, 0.1) is 0 Å². The highest BCUT2D eigenvalue weighted by Gasteiger charge is 2.36. The summed E-state index contributed by atoms with van der Waals surface area (Å²) in [5.41, 5.74) is 3.10. The minimum Gasteiger partial charge on any atom is -0.313 e. The van der Waals surface area contributed by atoms with Crippen molar-refractivity contribution in [2.45, 2.75) is 122 Å². The second kappa shape index (κ2) is 11.5. The van der Waals surface area contributed by atoms with E-state index in [1.54, 1.807) is 11.1 Å². The summed E-state index contributed by atoms with van der Waals surface area (Å²) in [7, 11) is 0. The maximum atomic E-state index is 4.21. The Kier molecular flexibility index (Phi) is 8.74. The van der Waals surface area contributed by atoms with Gasteiger partial charge in [0, 0.05) is 24.0 Å². The largest absolute Gasteiger partial charge is 0.313 e. The zero-order chi connectivity index (χ0) is 22.5. The van der Waals surface area contributed by atoms with Gasteiger partial charge in [-0.3, -0.25) is 0 Å². The van der Waals surface area contributed by atoms with Gasteiger partial charge >= 0.3 is 0 Å². The van der Waals surface area contributed by atoms with E-state index in [0.29, 0.717) is 30.0 Å². The molecule has 0 radical (unpaired) electrons. The van der Waals surface area contributed by atoms with Crippen LogP contribution in [0.5, 0.6) is 0 Å². The molecule has 2 heterocycles. The molecule has 0 bridgehead atoms. The van der Waals surface area contributed by atoms with Gasteiger partial charge < -0.3 is 10.6 Å². The van der Waals surface area contributed by atoms with Crippen LogP contribution < -0.4 is 10.6 Å². The normalized spacial score (nSPS) is 29.9. The molecule has 5 atom stereocenters. The van der Waals surface area contributed by atoms with Gasteiger partial charge in [0.25, 0.3) is 0 Å². The average Bonchev–Trinajstić information content (AvgIpc) is 2.81. The fraction of sp³-hybridized carbons (Fsp3) is 0.800. The second-order valence-corrected chi connectivity index (χ2v) is 12.0. The van der Waals surface area contributed by atoms with Crippen molar-refractivity contribution < 1.29 is 0 Å². The standard InChI is InChI=1S/C30H50N2/c1-21(2)29(23-12-6-5-7-13-23)28-18-11-17-26(32-28)24-14-10-15-25(20-24)30(22(3)4)27-16-8-9-19-31-27/h10,14-15,20-23,26-32H,5-9,11-13,16-19H2,1-4H3. The lowest BCUT2D eigenvalue weighted by atomic mass is 9.69. The van der Waals surface area contributed by atoms with Crippen molar-refractivity contribution >= 4 is 0 Å². The highest BCUT2D eigenvalue weighted by Crippen LogP contribution is 2.40. The number of benzene rings is 1. The first-order valence-electron chi connectivity index (χ1n) is 14.1. The van der Waals surface area contributed by atoms with Crippen LogP contribution in [0.15, 0.2) is 24.3 Å². The van der Waals surface area contributed by atoms with Gasteiger partial charge in [0.15, 0.2) is 0 Å². The van der Waals surface area contributed by atoms with Gasteiger partial charge in [-0.05, 0) is 67.0 Å². The monoisotopic (exact) mass is 438 g/mol. The van der Waals surface area contributed by atoms with Gasteiger partial charge in [0.1, 0.15) is 0 Å². The fourth-order valence-corrected chi connectivity index (χ4v) is 7.64. The lowest BCUT2D eigenvalue weighted by Gasteiger charge is -2.43. The lowest BCUT2D eigenvalue weighted by molar-refractivity contribution is 0.117. The van der Waals surface area contributed by atoms with Crippen molar-refractivity contribution in [3.05, 3.63) is 35.4 Å². The van der Waals surface area contributed by atoms with Crippen LogP contribution in [0.3, 0.4) is 0 Å². The average molecular weight is 439 g/mol. The first-order chi connectivity index (χ1) is 15.5. The molecule has 3 fully saturated rings. The third-order valence-electron chi connectivity index (χ3n) is 9.05. The van der Waals surface area contributed by atoms with Crippen molar-refractivity contribution in [2.75, 3.05) is 6.54 Å². The van der Waals surface area contributed by atoms with Crippen LogP contribution in [-0.2, 0) is 0 Å². The second-order valence-electron chi connectivity index (χ2n) is 12.0. The van der Waals surface area contributed by atoms with Crippen LogP contribution in [0.25, 0.3) is 0 Å². The third kappa shape index (κ3) is 5.79. The van der Waals surface area contributed by atoms with E-state index in [4.69, 9.17) is 0 Å². The maximum Gasteiger partial charge on any atom is 0.0322 e. The fourth-order valence-electron chi connectivity index (χ4n) is 7.64. The van der Waals surface area contributed by atoms with Crippen molar-refractivity contribution in [1.82, 2.24) is 10.6 Å². The van der Waals surface area contributed by atoms with E-state index >= 15 is 0 Å². The first kappa shape index (κ1) is 24.3. The molecule has 2 nitrogen and oxygen atoms in total. The van der Waals surface area contributed by atoms with Gasteiger partial charge in [0.2, 0.25) is 0 Å². The summed E-state index contributed by atoms with van der Waals surface area (Å²) < 4.78 is 0. The molecule has 1 aromatic rings. The predicted molar refractivity (Wildman–Crippen MR) is 138 cm³/mol. The van der Waals surface area contributed by atoms with Crippen molar-refractivity contribution in [3.63, 3.8) is 0 Å². The molecular weight excluding hydrogens is 388 g/mol. The van der Waals surface area contributed by atoms with Crippen LogP contribution in [0.4, 0.5) is 0 Å². The first-order valence-corrected chi connectivity index (χ1v) is 14.1. The number of hydrogen-bond acceptors (Lipinski definition) is 2. The van der Waals surface area contributed by atoms with E-state index in [-0.39, 0.29) is 0 Å². The van der Waals surface area contributed by atoms with Crippen LogP contribution in [-0.4, -0.2) is 18.6 Å². The minimum atomic E-state index is 0.533. The Morgan fingerprint density at radius 3 is 2.19 bits per heavy atom. The maximum absolute atomic E-state index is 4.21. The Labute approximate surface area is 198 Å². The molecular formula is C30H50N2. The van der Waals surface area contributed by atoms with E-state index in [1.807, 2.05) is 0 Å².